The van der Waals surface area contributed by atoms with Crippen LogP contribution in [0.4, 0.5) is 8.39 Å². The molecule has 0 amide bonds. The van der Waals surface area contributed by atoms with E-state index >= 15 is 0 Å². The van der Waals surface area contributed by atoms with Gasteiger partial charge in [-0.1, -0.05) is 0 Å². The third-order valence-corrected chi connectivity index (χ3v) is 0. The minimum absolute atomic E-state index is 0. The van der Waals surface area contributed by atoms with Gasteiger partial charge in [-0.05, 0) is 0 Å². The molecule has 0 aromatic rings. The van der Waals surface area contributed by atoms with Crippen molar-refractivity contribution in [3.8, 4) is 0 Å². The van der Waals surface area contributed by atoms with Gasteiger partial charge in [-0.15, -0.1) is 0 Å². The second kappa shape index (κ2) is 11.9. The average molecular weight is 269 g/mol. The Hall–Kier alpha value is 1.86. The molecule has 0 fully saturated rings. The molecule has 0 unspecified atom stereocenters. The summed E-state index contributed by atoms with van der Waals surface area (Å²) in [6, 6.07) is 0. The zero-order valence-corrected chi connectivity index (χ0v) is 9.26. The molecule has 0 saturated carbocycles. The number of halogens is 2. The fraction of sp³-hybridized carbons (Fsp3) is 0. The maximum atomic E-state index is 10.1. The summed E-state index contributed by atoms with van der Waals surface area (Å²) >= 11 is 0. The van der Waals surface area contributed by atoms with Crippen molar-refractivity contribution >= 4 is 15.8 Å². The van der Waals surface area contributed by atoms with Crippen LogP contribution in [0.2, 0.25) is 0 Å². The molecule has 71 valence electrons. The Morgan fingerprint density at radius 3 is 0.769 bits per heavy atom. The van der Waals surface area contributed by atoms with E-state index in [1.807, 2.05) is 0 Å². The zero-order chi connectivity index (χ0) is 9.00. The van der Waals surface area contributed by atoms with Gasteiger partial charge < -0.3 is 28.7 Å². The van der Waals surface area contributed by atoms with Crippen molar-refractivity contribution in [3.05, 3.63) is 0 Å². The molecule has 0 spiro atoms. The van der Waals surface area contributed by atoms with Crippen LogP contribution in [0.15, 0.2) is 0 Å². The molecule has 0 N–H and O–H groups in total. The van der Waals surface area contributed by atoms with Gasteiger partial charge in [0.2, 0.25) is 0 Å². The van der Waals surface area contributed by atoms with Crippen LogP contribution >= 0.6 is 15.8 Å². The quantitative estimate of drug-likeness (QED) is 0.317. The second-order valence-electron chi connectivity index (χ2n) is 0.861. The van der Waals surface area contributed by atoms with Crippen LogP contribution in [0.3, 0.4) is 0 Å². The van der Waals surface area contributed by atoms with Gasteiger partial charge in [0, 0.05) is 0 Å². The maximum Gasteiger partial charge on any atom is 2.00 e. The van der Waals surface area contributed by atoms with Gasteiger partial charge in [-0.25, -0.2) is 8.39 Å². The summed E-state index contributed by atoms with van der Waals surface area (Å²) < 4.78 is 37.1. The Labute approximate surface area is 107 Å². The van der Waals surface area contributed by atoms with Crippen molar-refractivity contribution in [1.29, 1.82) is 0 Å². The van der Waals surface area contributed by atoms with Crippen LogP contribution < -0.4 is 57.3 Å². The van der Waals surface area contributed by atoms with Crippen molar-refractivity contribution in [2.24, 2.45) is 0 Å². The van der Waals surface area contributed by atoms with Gasteiger partial charge in [-0.2, -0.15) is 0 Å². The summed E-state index contributed by atoms with van der Waals surface area (Å²) in [4.78, 5) is 33.8. The second-order valence-corrected chi connectivity index (χ2v) is 2.58. The first-order valence-corrected chi connectivity index (χ1v) is 4.30. The molecule has 0 atom stereocenters. The Bertz CT molecular complexity index is 139. The standard InChI is InChI=1S/Co.2FH2O3P.2Li/c;2*1-5(2,3)4;;/h;2*(H2,2,3,4);;/q+2;;;2*+1/p-4. The van der Waals surface area contributed by atoms with Crippen LogP contribution in [0.1, 0.15) is 0 Å². The Morgan fingerprint density at radius 1 is 0.769 bits per heavy atom. The molecule has 0 heterocycles. The van der Waals surface area contributed by atoms with E-state index in [4.69, 9.17) is 28.7 Å². The largest absolute Gasteiger partial charge is 2.00 e. The SMILES string of the molecule is O=P([O-])([O-])F.O=P([O-])([O-])F.[Co+2].[Li+].[Li+]. The molecule has 1 radical (unpaired) electrons. The van der Waals surface area contributed by atoms with Gasteiger partial charge in [0.15, 0.2) is 0 Å². The van der Waals surface area contributed by atoms with E-state index in [1.165, 1.54) is 0 Å². The van der Waals surface area contributed by atoms with Gasteiger partial charge in [-0.3, -0.25) is 0 Å². The first kappa shape index (κ1) is 29.4. The van der Waals surface area contributed by atoms with Crippen LogP contribution in [0.5, 0.6) is 0 Å². The summed E-state index contributed by atoms with van der Waals surface area (Å²) in [7, 11) is -11.3. The topological polar surface area (TPSA) is 126 Å². The van der Waals surface area contributed by atoms with E-state index in [1.54, 1.807) is 0 Å². The molecule has 0 saturated heterocycles. The fourth-order valence-electron chi connectivity index (χ4n) is 0. The molecular formula is CoF2Li2O6P2. The zero-order valence-electron chi connectivity index (χ0n) is 6.43. The molecule has 0 rings (SSSR count). The molecule has 0 aromatic carbocycles. The van der Waals surface area contributed by atoms with Crippen LogP contribution in [0, 0.1) is 0 Å². The minimum atomic E-state index is -5.64. The number of rotatable bonds is 0. The summed E-state index contributed by atoms with van der Waals surface area (Å²) in [6.45, 7) is 0. The van der Waals surface area contributed by atoms with Crippen molar-refractivity contribution in [3.63, 3.8) is 0 Å². The fourth-order valence-corrected chi connectivity index (χ4v) is 0. The Balaban J connectivity index is -0.0000000267. The molecule has 6 nitrogen and oxygen atoms in total. The summed E-state index contributed by atoms with van der Waals surface area (Å²) in [5.74, 6) is 0. The van der Waals surface area contributed by atoms with Crippen molar-refractivity contribution in [2.45, 2.75) is 0 Å². The molecule has 0 bridgehead atoms. The number of hydrogen-bond donors (Lipinski definition) is 0. The van der Waals surface area contributed by atoms with Gasteiger partial charge in [0.1, 0.15) is 15.8 Å². The van der Waals surface area contributed by atoms with Crippen LogP contribution in [0.25, 0.3) is 0 Å². The van der Waals surface area contributed by atoms with E-state index in [0.29, 0.717) is 0 Å². The molecule has 0 aliphatic rings. The van der Waals surface area contributed by atoms with Crippen molar-refractivity contribution < 1.29 is 91.6 Å². The van der Waals surface area contributed by atoms with E-state index in [9.17, 15) is 8.39 Å². The average Bonchev–Trinajstić information content (AvgIpc) is 1.12. The predicted octanol–water partition coefficient (Wildman–Crippen LogP) is -8.43. The first-order chi connectivity index (χ1) is 4.00. The number of hydrogen-bond acceptors (Lipinski definition) is 6. The predicted molar refractivity (Wildman–Crippen MR) is 17.4 cm³/mol. The molecular weight excluding hydrogens is 269 g/mol. The van der Waals surface area contributed by atoms with Crippen molar-refractivity contribution in [1.82, 2.24) is 0 Å². The van der Waals surface area contributed by atoms with Crippen molar-refractivity contribution in [2.75, 3.05) is 0 Å². The van der Waals surface area contributed by atoms with E-state index in [-0.39, 0.29) is 54.5 Å². The molecule has 0 aromatic heterocycles. The molecule has 13 heteroatoms. The normalized spacial score (nSPS) is 9.08. The molecule has 0 aliphatic carbocycles. The smallest absolute Gasteiger partial charge is 0.786 e. The van der Waals surface area contributed by atoms with Gasteiger partial charge in [0.25, 0.3) is 0 Å². The van der Waals surface area contributed by atoms with Crippen LogP contribution in [-0.2, 0) is 25.9 Å². The van der Waals surface area contributed by atoms with E-state index in [2.05, 4.69) is 0 Å². The maximum absolute atomic E-state index is 10.1. The molecule has 0 aliphatic heterocycles. The van der Waals surface area contributed by atoms with E-state index in [0.717, 1.165) is 0 Å². The third-order valence-electron chi connectivity index (χ3n) is 0. The van der Waals surface area contributed by atoms with E-state index < -0.39 is 15.8 Å². The monoisotopic (exact) mass is 269 g/mol. The third kappa shape index (κ3) is 563. The first-order valence-electron chi connectivity index (χ1n) is 1.43. The minimum Gasteiger partial charge on any atom is -0.786 e. The summed E-state index contributed by atoms with van der Waals surface area (Å²) in [5.41, 5.74) is 0. The molecule has 13 heavy (non-hydrogen) atoms. The Kier molecular flexibility index (Phi) is 27.0. The summed E-state index contributed by atoms with van der Waals surface area (Å²) in [5, 5.41) is 0. The van der Waals surface area contributed by atoms with Gasteiger partial charge >= 0.3 is 54.5 Å². The summed E-state index contributed by atoms with van der Waals surface area (Å²) in [6.07, 6.45) is 0. The Morgan fingerprint density at radius 2 is 0.769 bits per heavy atom. The van der Waals surface area contributed by atoms with Crippen LogP contribution in [-0.4, -0.2) is 0 Å². The van der Waals surface area contributed by atoms with Gasteiger partial charge in [0.05, 0.1) is 0 Å².